The summed E-state index contributed by atoms with van der Waals surface area (Å²) in [5.41, 5.74) is 2.83. The Hall–Kier alpha value is -1.09. The summed E-state index contributed by atoms with van der Waals surface area (Å²) in [6.45, 7) is 8.77. The van der Waals surface area contributed by atoms with Crippen molar-refractivity contribution in [1.82, 2.24) is 9.88 Å². The van der Waals surface area contributed by atoms with E-state index in [1.807, 2.05) is 14.1 Å². The van der Waals surface area contributed by atoms with Crippen LogP contribution in [0.1, 0.15) is 32.0 Å². The highest BCUT2D eigenvalue weighted by atomic mass is 15.2. The van der Waals surface area contributed by atoms with Crippen molar-refractivity contribution in [3.05, 3.63) is 23.4 Å². The van der Waals surface area contributed by atoms with Gasteiger partial charge in [-0.1, -0.05) is 6.07 Å². The molecule has 2 rings (SSSR count). The first-order chi connectivity index (χ1) is 7.38. The topological polar surface area (TPSA) is 19.4 Å². The van der Waals surface area contributed by atoms with Gasteiger partial charge in [0.15, 0.2) is 0 Å². The van der Waals surface area contributed by atoms with E-state index in [9.17, 15) is 0 Å². The fourth-order valence-electron chi connectivity index (χ4n) is 1.97. The molecule has 0 saturated heterocycles. The van der Waals surface area contributed by atoms with Crippen molar-refractivity contribution in [3.8, 4) is 0 Å². The van der Waals surface area contributed by atoms with Gasteiger partial charge in [-0.05, 0) is 32.4 Å². The van der Waals surface area contributed by atoms with Crippen LogP contribution in [-0.4, -0.2) is 29.5 Å². The molecule has 0 saturated carbocycles. The first kappa shape index (κ1) is 11.4. The summed E-state index contributed by atoms with van der Waals surface area (Å²) in [4.78, 5) is 9.22. The van der Waals surface area contributed by atoms with Crippen LogP contribution in [0.5, 0.6) is 0 Å². The van der Waals surface area contributed by atoms with Crippen molar-refractivity contribution in [2.45, 2.75) is 39.4 Å². The number of anilines is 1. The van der Waals surface area contributed by atoms with Crippen molar-refractivity contribution >= 4 is 5.82 Å². The molecule has 0 aliphatic carbocycles. The second-order valence-corrected chi connectivity index (χ2v) is 5.70. The molecule has 0 atom stereocenters. The Morgan fingerprint density at radius 3 is 2.44 bits per heavy atom. The molecular weight excluding hydrogens is 198 g/mol. The number of hydrogen-bond donors (Lipinski definition) is 0. The third-order valence-electron chi connectivity index (χ3n) is 3.16. The summed E-state index contributed by atoms with van der Waals surface area (Å²) in [5, 5.41) is 0. The van der Waals surface area contributed by atoms with Crippen LogP contribution in [0.15, 0.2) is 12.1 Å². The van der Waals surface area contributed by atoms with E-state index in [1.165, 1.54) is 11.3 Å². The van der Waals surface area contributed by atoms with Crippen LogP contribution in [0.4, 0.5) is 5.82 Å². The highest BCUT2D eigenvalue weighted by molar-refractivity contribution is 5.41. The van der Waals surface area contributed by atoms with Gasteiger partial charge >= 0.3 is 0 Å². The molecule has 1 aliphatic heterocycles. The molecule has 0 fully saturated rings. The number of nitrogens with zero attached hydrogens (tertiary/aromatic N) is 3. The molecule has 0 aromatic carbocycles. The van der Waals surface area contributed by atoms with Gasteiger partial charge in [-0.3, -0.25) is 4.90 Å². The summed E-state index contributed by atoms with van der Waals surface area (Å²) in [7, 11) is 4.07. The van der Waals surface area contributed by atoms with E-state index in [2.05, 4.69) is 42.7 Å². The Morgan fingerprint density at radius 1 is 1.19 bits per heavy atom. The number of pyridine rings is 1. The van der Waals surface area contributed by atoms with Gasteiger partial charge in [0, 0.05) is 32.7 Å². The van der Waals surface area contributed by atoms with Gasteiger partial charge in [0.05, 0.1) is 5.69 Å². The number of fused-ring (bicyclic) bond motifs is 1. The van der Waals surface area contributed by atoms with Crippen molar-refractivity contribution in [2.24, 2.45) is 0 Å². The van der Waals surface area contributed by atoms with Crippen molar-refractivity contribution in [3.63, 3.8) is 0 Å². The van der Waals surface area contributed by atoms with Crippen molar-refractivity contribution in [1.29, 1.82) is 0 Å². The average Bonchev–Trinajstić information content (AvgIpc) is 2.58. The summed E-state index contributed by atoms with van der Waals surface area (Å²) >= 11 is 0. The minimum Gasteiger partial charge on any atom is -0.363 e. The highest BCUT2D eigenvalue weighted by Crippen LogP contribution is 2.28. The van der Waals surface area contributed by atoms with Crippen molar-refractivity contribution < 1.29 is 0 Å². The minimum atomic E-state index is 0.221. The van der Waals surface area contributed by atoms with Gasteiger partial charge in [0.1, 0.15) is 5.82 Å². The molecule has 0 unspecified atom stereocenters. The van der Waals surface area contributed by atoms with Crippen LogP contribution in [0.3, 0.4) is 0 Å². The van der Waals surface area contributed by atoms with Crippen LogP contribution >= 0.6 is 0 Å². The second kappa shape index (κ2) is 3.74. The van der Waals surface area contributed by atoms with Gasteiger partial charge in [-0.15, -0.1) is 0 Å². The van der Waals surface area contributed by atoms with Crippen LogP contribution in [0.25, 0.3) is 0 Å². The molecule has 1 aromatic rings. The van der Waals surface area contributed by atoms with E-state index in [1.54, 1.807) is 0 Å². The SMILES string of the molecule is CN(C)c1ccc2c(n1)CN(C(C)(C)C)C2. The Kier molecular flexibility index (Phi) is 2.66. The molecular formula is C13H21N3. The second-order valence-electron chi connectivity index (χ2n) is 5.70. The summed E-state index contributed by atoms with van der Waals surface area (Å²) in [6.07, 6.45) is 0. The summed E-state index contributed by atoms with van der Waals surface area (Å²) < 4.78 is 0. The Labute approximate surface area is 98.1 Å². The van der Waals surface area contributed by atoms with Crippen LogP contribution in [0.2, 0.25) is 0 Å². The van der Waals surface area contributed by atoms with E-state index >= 15 is 0 Å². The lowest BCUT2D eigenvalue weighted by molar-refractivity contribution is 0.135. The number of aromatic nitrogens is 1. The lowest BCUT2D eigenvalue weighted by Gasteiger charge is -2.30. The standard InChI is InChI=1S/C13H21N3/c1-13(2,3)16-8-10-6-7-12(15(4)5)14-11(10)9-16/h6-7H,8-9H2,1-5H3. The molecule has 0 N–H and O–H groups in total. The van der Waals surface area contributed by atoms with Gasteiger partial charge in [0.2, 0.25) is 0 Å². The van der Waals surface area contributed by atoms with Crippen LogP contribution < -0.4 is 4.90 Å². The van der Waals surface area contributed by atoms with E-state index in [0.717, 1.165) is 18.9 Å². The molecule has 0 radical (unpaired) electrons. The maximum absolute atomic E-state index is 4.70. The van der Waals surface area contributed by atoms with E-state index in [4.69, 9.17) is 4.98 Å². The summed E-state index contributed by atoms with van der Waals surface area (Å²) in [5.74, 6) is 1.05. The predicted molar refractivity (Wildman–Crippen MR) is 67.6 cm³/mol. The first-order valence-electron chi connectivity index (χ1n) is 5.79. The van der Waals surface area contributed by atoms with Gasteiger partial charge in [-0.25, -0.2) is 4.98 Å². The normalized spacial score (nSPS) is 16.3. The monoisotopic (exact) mass is 219 g/mol. The molecule has 0 bridgehead atoms. The zero-order valence-corrected chi connectivity index (χ0v) is 10.9. The molecule has 0 amide bonds. The molecule has 3 nitrogen and oxygen atoms in total. The van der Waals surface area contributed by atoms with Crippen LogP contribution in [0, 0.1) is 0 Å². The van der Waals surface area contributed by atoms with E-state index in [0.29, 0.717) is 0 Å². The zero-order chi connectivity index (χ0) is 11.9. The third kappa shape index (κ3) is 2.05. The largest absolute Gasteiger partial charge is 0.363 e. The van der Waals surface area contributed by atoms with Crippen LogP contribution in [-0.2, 0) is 13.1 Å². The number of rotatable bonds is 1. The van der Waals surface area contributed by atoms with E-state index in [-0.39, 0.29) is 5.54 Å². The minimum absolute atomic E-state index is 0.221. The zero-order valence-electron chi connectivity index (χ0n) is 10.9. The highest BCUT2D eigenvalue weighted by Gasteiger charge is 2.28. The summed E-state index contributed by atoms with van der Waals surface area (Å²) in [6, 6.07) is 4.31. The van der Waals surface area contributed by atoms with Gasteiger partial charge in [-0.2, -0.15) is 0 Å². The molecule has 2 heterocycles. The van der Waals surface area contributed by atoms with Crippen molar-refractivity contribution in [2.75, 3.05) is 19.0 Å². The quantitative estimate of drug-likeness (QED) is 0.722. The Morgan fingerprint density at radius 2 is 1.88 bits per heavy atom. The molecule has 3 heteroatoms. The lowest BCUT2D eigenvalue weighted by atomic mass is 10.1. The van der Waals surface area contributed by atoms with Gasteiger partial charge in [0.25, 0.3) is 0 Å². The molecule has 88 valence electrons. The smallest absolute Gasteiger partial charge is 0.128 e. The van der Waals surface area contributed by atoms with E-state index < -0.39 is 0 Å². The molecule has 16 heavy (non-hydrogen) atoms. The Bertz CT molecular complexity index is 391. The molecule has 1 aromatic heterocycles. The fraction of sp³-hybridized carbons (Fsp3) is 0.615. The number of hydrogen-bond acceptors (Lipinski definition) is 3. The molecule has 0 spiro atoms. The maximum Gasteiger partial charge on any atom is 0.128 e. The third-order valence-corrected chi connectivity index (χ3v) is 3.16. The molecule has 1 aliphatic rings. The average molecular weight is 219 g/mol. The maximum atomic E-state index is 4.70. The lowest BCUT2D eigenvalue weighted by Crippen LogP contribution is -2.36. The Balaban J connectivity index is 2.25. The first-order valence-corrected chi connectivity index (χ1v) is 5.79. The van der Waals surface area contributed by atoms with Gasteiger partial charge < -0.3 is 4.90 Å². The fourth-order valence-corrected chi connectivity index (χ4v) is 1.97. The predicted octanol–water partition coefficient (Wildman–Crippen LogP) is 2.26.